The van der Waals surface area contributed by atoms with Crippen LogP contribution in [0, 0.1) is 0 Å². The third-order valence-electron chi connectivity index (χ3n) is 3.92. The van der Waals surface area contributed by atoms with Crippen molar-refractivity contribution in [1.29, 1.82) is 0 Å². The molecule has 0 radical (unpaired) electrons. The first-order chi connectivity index (χ1) is 9.40. The van der Waals surface area contributed by atoms with E-state index in [0.717, 1.165) is 23.2 Å². The maximum absolute atomic E-state index is 4.62. The molecule has 1 fully saturated rings. The number of alkyl halides is 1. The molecule has 1 aliphatic rings. The van der Waals surface area contributed by atoms with E-state index in [4.69, 9.17) is 0 Å². The average molecular weight is 323 g/mol. The maximum Gasteiger partial charge on any atom is 0.154 e. The molecule has 102 valence electrons. The van der Waals surface area contributed by atoms with Gasteiger partial charge in [0.15, 0.2) is 5.82 Å². The first-order valence-corrected chi connectivity index (χ1v) is 8.13. The summed E-state index contributed by atoms with van der Waals surface area (Å²) in [5, 5.41) is 5.28. The molecule has 0 spiro atoms. The highest BCUT2D eigenvalue weighted by Gasteiger charge is 2.23. The lowest BCUT2D eigenvalue weighted by molar-refractivity contribution is 0.417. The van der Waals surface area contributed by atoms with E-state index in [1.54, 1.807) is 0 Å². The average Bonchev–Trinajstić information content (AvgIpc) is 2.94. The van der Waals surface area contributed by atoms with Gasteiger partial charge < -0.3 is 4.90 Å². The summed E-state index contributed by atoms with van der Waals surface area (Å²) in [5.41, 5.74) is 1.11. The second-order valence-electron chi connectivity index (χ2n) is 5.09. The first kappa shape index (κ1) is 12.9. The van der Waals surface area contributed by atoms with Crippen molar-refractivity contribution < 1.29 is 0 Å². The van der Waals surface area contributed by atoms with E-state index < -0.39 is 0 Å². The molecule has 19 heavy (non-hydrogen) atoms. The van der Waals surface area contributed by atoms with Crippen LogP contribution in [0.2, 0.25) is 0 Å². The number of rotatable bonds is 4. The summed E-state index contributed by atoms with van der Waals surface area (Å²) in [4.78, 5) is 7.08. The Morgan fingerprint density at radius 3 is 2.89 bits per heavy atom. The monoisotopic (exact) mass is 322 g/mol. The summed E-state index contributed by atoms with van der Waals surface area (Å²) in [5.74, 6) is 1.08. The molecule has 5 heteroatoms. The number of halogens is 1. The van der Waals surface area contributed by atoms with E-state index in [2.05, 4.69) is 30.9 Å². The van der Waals surface area contributed by atoms with E-state index in [0.29, 0.717) is 6.04 Å². The molecule has 0 bridgehead atoms. The minimum absolute atomic E-state index is 0.625. The van der Waals surface area contributed by atoms with Crippen molar-refractivity contribution in [2.45, 2.75) is 38.1 Å². The van der Waals surface area contributed by atoms with E-state index >= 15 is 0 Å². The molecule has 1 aliphatic carbocycles. The molecule has 0 aliphatic heterocycles. The van der Waals surface area contributed by atoms with Crippen LogP contribution in [0.15, 0.2) is 24.7 Å². The minimum Gasteiger partial charge on any atom is -0.351 e. The fourth-order valence-corrected chi connectivity index (χ4v) is 3.39. The van der Waals surface area contributed by atoms with E-state index in [9.17, 15) is 0 Å². The maximum atomic E-state index is 4.62. The van der Waals surface area contributed by atoms with Gasteiger partial charge in [-0.1, -0.05) is 35.2 Å². The molecule has 4 nitrogen and oxygen atoms in total. The molecule has 0 saturated heterocycles. The topological polar surface area (TPSA) is 33.4 Å². The zero-order chi connectivity index (χ0) is 13.1. The van der Waals surface area contributed by atoms with Crippen LogP contribution >= 0.6 is 15.9 Å². The minimum atomic E-state index is 0.625. The molecular formula is C14H19BrN4. The predicted octanol–water partition coefficient (Wildman–Crippen LogP) is 3.26. The van der Waals surface area contributed by atoms with Gasteiger partial charge in [0.05, 0.1) is 6.20 Å². The number of aromatic nitrogens is 3. The van der Waals surface area contributed by atoms with E-state index in [-0.39, 0.29) is 0 Å². The lowest BCUT2D eigenvalue weighted by Gasteiger charge is -2.35. The molecule has 1 saturated carbocycles. The molecule has 0 aromatic carbocycles. The number of anilines is 1. The van der Waals surface area contributed by atoms with Gasteiger partial charge in [-0.2, -0.15) is 5.10 Å². The Morgan fingerprint density at radius 2 is 2.11 bits per heavy atom. The summed E-state index contributed by atoms with van der Waals surface area (Å²) in [7, 11) is 0. The third kappa shape index (κ3) is 2.61. The van der Waals surface area contributed by atoms with Gasteiger partial charge in [0.1, 0.15) is 5.52 Å². The number of fused-ring (bicyclic) bond motifs is 1. The van der Waals surface area contributed by atoms with Crippen molar-refractivity contribution in [3.8, 4) is 0 Å². The zero-order valence-electron chi connectivity index (χ0n) is 11.0. The van der Waals surface area contributed by atoms with Crippen LogP contribution in [0.3, 0.4) is 0 Å². The van der Waals surface area contributed by atoms with Crippen molar-refractivity contribution in [1.82, 2.24) is 14.6 Å². The van der Waals surface area contributed by atoms with Gasteiger partial charge >= 0.3 is 0 Å². The molecule has 2 heterocycles. The number of nitrogens with zero attached hydrogens (tertiary/aromatic N) is 4. The Bertz CT molecular complexity index is 533. The molecule has 0 unspecified atom stereocenters. The van der Waals surface area contributed by atoms with Crippen molar-refractivity contribution in [2.24, 2.45) is 0 Å². The van der Waals surface area contributed by atoms with E-state index in [1.807, 2.05) is 29.2 Å². The highest BCUT2D eigenvalue weighted by Crippen LogP contribution is 2.28. The van der Waals surface area contributed by atoms with Crippen LogP contribution < -0.4 is 4.90 Å². The summed E-state index contributed by atoms with van der Waals surface area (Å²) in [6, 6.07) is 2.67. The summed E-state index contributed by atoms with van der Waals surface area (Å²) in [6.45, 7) is 1.00. The molecule has 3 rings (SSSR count). The van der Waals surface area contributed by atoms with Gasteiger partial charge in [-0.15, -0.1) is 0 Å². The number of hydrogen-bond donors (Lipinski definition) is 0. The molecular weight excluding hydrogens is 304 g/mol. The van der Waals surface area contributed by atoms with E-state index in [1.165, 1.54) is 32.1 Å². The first-order valence-electron chi connectivity index (χ1n) is 7.01. The lowest BCUT2D eigenvalue weighted by Crippen LogP contribution is -2.39. The van der Waals surface area contributed by atoms with Gasteiger partial charge in [-0.05, 0) is 18.9 Å². The quantitative estimate of drug-likeness (QED) is 0.810. The van der Waals surface area contributed by atoms with Crippen LogP contribution in [0.1, 0.15) is 32.1 Å². The van der Waals surface area contributed by atoms with Crippen LogP contribution in [0.25, 0.3) is 5.52 Å². The largest absolute Gasteiger partial charge is 0.351 e. The van der Waals surface area contributed by atoms with Crippen molar-refractivity contribution in [3.63, 3.8) is 0 Å². The normalized spacial score (nSPS) is 16.9. The smallest absolute Gasteiger partial charge is 0.154 e. The Morgan fingerprint density at radius 1 is 1.26 bits per heavy atom. The second kappa shape index (κ2) is 5.90. The van der Waals surface area contributed by atoms with Crippen molar-refractivity contribution >= 4 is 27.3 Å². The molecule has 2 aromatic rings. The highest BCUT2D eigenvalue weighted by atomic mass is 79.9. The van der Waals surface area contributed by atoms with Crippen LogP contribution in [-0.2, 0) is 0 Å². The van der Waals surface area contributed by atoms with Crippen LogP contribution in [0.4, 0.5) is 5.82 Å². The second-order valence-corrected chi connectivity index (χ2v) is 5.88. The zero-order valence-corrected chi connectivity index (χ0v) is 12.6. The fourth-order valence-electron chi connectivity index (χ4n) is 3.01. The number of hydrogen-bond acceptors (Lipinski definition) is 3. The highest BCUT2D eigenvalue weighted by molar-refractivity contribution is 9.09. The Labute approximate surface area is 121 Å². The van der Waals surface area contributed by atoms with Gasteiger partial charge in [0.2, 0.25) is 0 Å². The van der Waals surface area contributed by atoms with Gasteiger partial charge in [0.25, 0.3) is 0 Å². The van der Waals surface area contributed by atoms with Crippen LogP contribution in [0.5, 0.6) is 0 Å². The predicted molar refractivity (Wildman–Crippen MR) is 81.0 cm³/mol. The Hall–Kier alpha value is -1.10. The third-order valence-corrected chi connectivity index (χ3v) is 4.27. The molecule has 0 atom stereocenters. The fraction of sp³-hybridized carbons (Fsp3) is 0.571. The Kier molecular flexibility index (Phi) is 4.01. The van der Waals surface area contributed by atoms with Gasteiger partial charge in [0, 0.05) is 30.3 Å². The van der Waals surface area contributed by atoms with Gasteiger partial charge in [-0.3, -0.25) is 0 Å². The lowest BCUT2D eigenvalue weighted by atomic mass is 9.94. The summed E-state index contributed by atoms with van der Waals surface area (Å²) in [6.07, 6.45) is 12.2. The summed E-state index contributed by atoms with van der Waals surface area (Å²) >= 11 is 3.58. The Balaban J connectivity index is 1.96. The van der Waals surface area contributed by atoms with Gasteiger partial charge in [-0.25, -0.2) is 9.50 Å². The molecule has 0 amide bonds. The van der Waals surface area contributed by atoms with Crippen molar-refractivity contribution in [2.75, 3.05) is 16.8 Å². The molecule has 0 N–H and O–H groups in total. The van der Waals surface area contributed by atoms with Crippen LogP contribution in [-0.4, -0.2) is 32.5 Å². The standard InChI is InChI=1S/C14H19BrN4/c15-7-10-18(12-4-2-1-3-5-12)14-13-6-8-17-19(13)11-9-16-14/h6,8-9,11-12H,1-5,7,10H2. The molecule has 2 aromatic heterocycles. The van der Waals surface area contributed by atoms with Crippen molar-refractivity contribution in [3.05, 3.63) is 24.7 Å². The summed E-state index contributed by atoms with van der Waals surface area (Å²) < 4.78 is 1.91. The SMILES string of the molecule is BrCCN(c1nccn2nccc12)C1CCCCC1.